The summed E-state index contributed by atoms with van der Waals surface area (Å²) < 4.78 is 5.49. The molecular weight excluding hydrogens is 342 g/mol. The normalized spacial score (nSPS) is 25.1. The molecule has 1 N–H and O–H groups in total. The van der Waals surface area contributed by atoms with Crippen molar-refractivity contribution in [3.63, 3.8) is 0 Å². The highest BCUT2D eigenvalue weighted by molar-refractivity contribution is 6.07. The average Bonchev–Trinajstić information content (AvgIpc) is 2.88. The van der Waals surface area contributed by atoms with Crippen LogP contribution in [0.2, 0.25) is 0 Å². The maximum absolute atomic E-state index is 13.0. The lowest BCUT2D eigenvalue weighted by Crippen LogP contribution is -2.54. The Hall–Kier alpha value is -2.34. The Labute approximate surface area is 161 Å². The minimum absolute atomic E-state index is 0.0697. The molecule has 3 rings (SSSR count). The Bertz CT molecular complexity index is 703. The topological polar surface area (TPSA) is 61.9 Å². The number of imide groups is 1. The second-order valence-corrected chi connectivity index (χ2v) is 7.68. The van der Waals surface area contributed by atoms with Gasteiger partial charge in [-0.15, -0.1) is 0 Å². The van der Waals surface area contributed by atoms with Gasteiger partial charge >= 0.3 is 6.03 Å². The predicted octanol–water partition coefficient (Wildman–Crippen LogP) is 3.14. The summed E-state index contributed by atoms with van der Waals surface area (Å²) in [5.74, 6) is 0.907. The monoisotopic (exact) mass is 371 g/mol. The van der Waals surface area contributed by atoms with Crippen LogP contribution in [-0.4, -0.2) is 47.6 Å². The van der Waals surface area contributed by atoms with Crippen LogP contribution < -0.4 is 10.1 Å². The molecular formula is C21H29N3O3. The summed E-state index contributed by atoms with van der Waals surface area (Å²) in [7, 11) is 1.91. The molecule has 0 aromatic heterocycles. The van der Waals surface area contributed by atoms with Gasteiger partial charge in [0.1, 0.15) is 17.9 Å². The van der Waals surface area contributed by atoms with E-state index >= 15 is 0 Å². The molecule has 0 unspecified atom stereocenters. The smallest absolute Gasteiger partial charge is 0.326 e. The van der Waals surface area contributed by atoms with E-state index in [2.05, 4.69) is 18.8 Å². The number of hydrogen-bond donors (Lipinski definition) is 1. The highest BCUT2D eigenvalue weighted by atomic mass is 16.5. The third kappa shape index (κ3) is 4.00. The Kier molecular flexibility index (Phi) is 5.85. The van der Waals surface area contributed by atoms with Gasteiger partial charge in [-0.3, -0.25) is 9.69 Å². The highest BCUT2D eigenvalue weighted by Gasteiger charge is 2.54. The van der Waals surface area contributed by atoms with Crippen molar-refractivity contribution in [3.05, 3.63) is 42.5 Å². The van der Waals surface area contributed by atoms with E-state index in [1.807, 2.05) is 36.2 Å². The van der Waals surface area contributed by atoms with E-state index in [0.29, 0.717) is 13.2 Å². The Morgan fingerprint density at radius 3 is 2.74 bits per heavy atom. The molecule has 6 nitrogen and oxygen atoms in total. The Morgan fingerprint density at radius 2 is 2.07 bits per heavy atom. The third-order valence-corrected chi connectivity index (χ3v) is 5.63. The number of carbonyl (C=O) groups excluding carboxylic acids is 2. The highest BCUT2D eigenvalue weighted by Crippen LogP contribution is 2.38. The first-order chi connectivity index (χ1) is 13.0. The van der Waals surface area contributed by atoms with Gasteiger partial charge in [-0.25, -0.2) is 9.69 Å². The predicted molar refractivity (Wildman–Crippen MR) is 104 cm³/mol. The van der Waals surface area contributed by atoms with Crippen molar-refractivity contribution in [2.75, 3.05) is 20.3 Å². The minimum Gasteiger partial charge on any atom is -0.490 e. The van der Waals surface area contributed by atoms with Crippen molar-refractivity contribution in [1.29, 1.82) is 0 Å². The number of benzene rings is 1. The molecule has 2 atom stereocenters. The fourth-order valence-corrected chi connectivity index (χ4v) is 4.07. The lowest BCUT2D eigenvalue weighted by Gasteiger charge is -2.37. The van der Waals surface area contributed by atoms with Crippen LogP contribution in [0.5, 0.6) is 5.75 Å². The first-order valence-corrected chi connectivity index (χ1v) is 9.61. The third-order valence-electron chi connectivity index (χ3n) is 5.63. The largest absolute Gasteiger partial charge is 0.490 e. The molecule has 1 aromatic rings. The molecule has 146 valence electrons. The van der Waals surface area contributed by atoms with Crippen molar-refractivity contribution in [2.45, 2.75) is 44.7 Å². The number of ether oxygens (including phenoxy) is 1. The number of nitrogens with zero attached hydrogens (tertiary/aromatic N) is 2. The van der Waals surface area contributed by atoms with E-state index < -0.39 is 5.54 Å². The zero-order valence-corrected chi connectivity index (χ0v) is 16.2. The zero-order valence-electron chi connectivity index (χ0n) is 16.2. The van der Waals surface area contributed by atoms with Crippen molar-refractivity contribution >= 4 is 11.9 Å². The van der Waals surface area contributed by atoms with Crippen molar-refractivity contribution in [2.24, 2.45) is 5.92 Å². The second kappa shape index (κ2) is 8.13. The van der Waals surface area contributed by atoms with Gasteiger partial charge in [-0.05, 0) is 43.5 Å². The van der Waals surface area contributed by atoms with Crippen LogP contribution in [0, 0.1) is 5.92 Å². The van der Waals surface area contributed by atoms with E-state index in [4.69, 9.17) is 4.74 Å². The Morgan fingerprint density at radius 1 is 1.33 bits per heavy atom. The molecule has 6 heteroatoms. The molecule has 1 heterocycles. The second-order valence-electron chi connectivity index (χ2n) is 7.68. The quantitative estimate of drug-likeness (QED) is 0.591. The number of nitrogens with one attached hydrogen (secondary N) is 1. The van der Waals surface area contributed by atoms with Gasteiger partial charge < -0.3 is 10.1 Å². The summed E-state index contributed by atoms with van der Waals surface area (Å²) in [5, 5.41) is 3.00. The molecule has 1 aliphatic carbocycles. The van der Waals surface area contributed by atoms with Crippen LogP contribution in [-0.2, 0) is 11.3 Å². The fraction of sp³-hybridized carbons (Fsp3) is 0.524. The zero-order chi connectivity index (χ0) is 19.4. The number of hydrogen-bond acceptors (Lipinski definition) is 4. The molecule has 1 saturated heterocycles. The van der Waals surface area contributed by atoms with Crippen molar-refractivity contribution in [3.8, 4) is 5.75 Å². The number of urea groups is 1. The summed E-state index contributed by atoms with van der Waals surface area (Å²) in [6, 6.07) is 7.55. The molecule has 1 spiro atoms. The van der Waals surface area contributed by atoms with Gasteiger partial charge in [0.25, 0.3) is 5.91 Å². The number of amides is 3. The Balaban J connectivity index is 1.60. The molecule has 0 radical (unpaired) electrons. The SMILES string of the molecule is C=CCOc1ccc(CN(C)CN2C(=O)N[C@]3(CCCC[C@@H]3C)C2=O)cc1. The summed E-state index contributed by atoms with van der Waals surface area (Å²) in [5.41, 5.74) is 0.400. The van der Waals surface area contributed by atoms with Crippen molar-refractivity contribution < 1.29 is 14.3 Å². The van der Waals surface area contributed by atoms with Gasteiger partial charge in [0.15, 0.2) is 0 Å². The van der Waals surface area contributed by atoms with Crippen LogP contribution >= 0.6 is 0 Å². The first-order valence-electron chi connectivity index (χ1n) is 9.61. The lowest BCUT2D eigenvalue weighted by atomic mass is 9.73. The van der Waals surface area contributed by atoms with Gasteiger partial charge in [-0.1, -0.05) is 44.6 Å². The summed E-state index contributed by atoms with van der Waals surface area (Å²) >= 11 is 0. The standard InChI is InChI=1S/C21H29N3O3/c1-4-13-27-18-10-8-17(9-11-18)14-23(3)15-24-19(25)21(22-20(24)26)12-6-5-7-16(21)2/h4,8-11,16H,1,5-7,12-15H2,2-3H3,(H,22,26)/t16-,21-/m0/s1. The van der Waals surface area contributed by atoms with E-state index in [0.717, 1.165) is 37.0 Å². The van der Waals surface area contributed by atoms with Crippen molar-refractivity contribution in [1.82, 2.24) is 15.1 Å². The minimum atomic E-state index is -0.694. The van der Waals surface area contributed by atoms with Crippen LogP contribution in [0.4, 0.5) is 4.79 Å². The fourth-order valence-electron chi connectivity index (χ4n) is 4.07. The van der Waals surface area contributed by atoms with Gasteiger partial charge in [0.2, 0.25) is 0 Å². The summed E-state index contributed by atoms with van der Waals surface area (Å²) in [4.78, 5) is 28.8. The number of rotatable bonds is 7. The van der Waals surface area contributed by atoms with E-state index in [9.17, 15) is 9.59 Å². The number of carbonyl (C=O) groups is 2. The molecule has 2 fully saturated rings. The molecule has 0 bridgehead atoms. The molecule has 3 amide bonds. The maximum Gasteiger partial charge on any atom is 0.326 e. The molecule has 1 aromatic carbocycles. The molecule has 27 heavy (non-hydrogen) atoms. The van der Waals surface area contributed by atoms with Gasteiger partial charge in [0.05, 0.1) is 6.67 Å². The van der Waals surface area contributed by atoms with E-state index in [1.54, 1.807) is 6.08 Å². The van der Waals surface area contributed by atoms with Crippen LogP contribution in [0.1, 0.15) is 38.2 Å². The molecule has 1 aliphatic heterocycles. The van der Waals surface area contributed by atoms with Crippen LogP contribution in [0.15, 0.2) is 36.9 Å². The molecule has 1 saturated carbocycles. The molecule has 2 aliphatic rings. The van der Waals surface area contributed by atoms with Crippen LogP contribution in [0.3, 0.4) is 0 Å². The summed E-state index contributed by atoms with van der Waals surface area (Å²) in [6.07, 6.45) is 5.54. The summed E-state index contributed by atoms with van der Waals surface area (Å²) in [6.45, 7) is 7.11. The van der Waals surface area contributed by atoms with Crippen LogP contribution in [0.25, 0.3) is 0 Å². The van der Waals surface area contributed by atoms with E-state index in [-0.39, 0.29) is 24.5 Å². The average molecular weight is 371 g/mol. The first kappa shape index (κ1) is 19.4. The maximum atomic E-state index is 13.0. The lowest BCUT2D eigenvalue weighted by molar-refractivity contribution is -0.135. The van der Waals surface area contributed by atoms with Gasteiger partial charge in [-0.2, -0.15) is 0 Å². The van der Waals surface area contributed by atoms with Gasteiger partial charge in [0, 0.05) is 6.54 Å². The van der Waals surface area contributed by atoms with E-state index in [1.165, 1.54) is 4.90 Å².